The van der Waals surface area contributed by atoms with Gasteiger partial charge in [0, 0.05) is 40.6 Å². The minimum absolute atomic E-state index is 0.132. The molecule has 0 atom stereocenters. The van der Waals surface area contributed by atoms with E-state index in [9.17, 15) is 13.6 Å². The third-order valence-corrected chi connectivity index (χ3v) is 6.00. The first-order valence-electron chi connectivity index (χ1n) is 10.8. The molecular formula is C25H25ClF2N2O2. The standard InChI is InChI=1S/C25H25ClF2N2O2/c26-19-9-11-20(12-10-19)29-24(31)21-13-8-18(23(21)30-14-4-1-5-15-30)16-17-6-2-3-7-22(17)32-25(27)28/h2-3,6-7,9-12,16,25H,1,4-5,8,13-15H2,(H,29,31). The van der Waals surface area contributed by atoms with Crippen molar-refractivity contribution in [2.45, 2.75) is 38.7 Å². The van der Waals surface area contributed by atoms with E-state index in [0.717, 1.165) is 42.8 Å². The van der Waals surface area contributed by atoms with Crippen molar-refractivity contribution in [2.24, 2.45) is 0 Å². The molecule has 1 saturated heterocycles. The van der Waals surface area contributed by atoms with Crippen LogP contribution >= 0.6 is 11.6 Å². The maximum atomic E-state index is 13.2. The van der Waals surface area contributed by atoms with Gasteiger partial charge in [-0.15, -0.1) is 0 Å². The number of carbonyl (C=O) groups is 1. The van der Waals surface area contributed by atoms with Crippen molar-refractivity contribution in [2.75, 3.05) is 18.4 Å². The fourth-order valence-corrected chi connectivity index (χ4v) is 4.42. The van der Waals surface area contributed by atoms with Crippen LogP contribution in [0.5, 0.6) is 5.75 Å². The van der Waals surface area contributed by atoms with Crippen LogP contribution in [0.1, 0.15) is 37.7 Å². The highest BCUT2D eigenvalue weighted by molar-refractivity contribution is 6.30. The van der Waals surface area contributed by atoms with Gasteiger partial charge in [0.2, 0.25) is 0 Å². The Hall–Kier alpha value is -2.86. The molecule has 2 aromatic carbocycles. The largest absolute Gasteiger partial charge is 0.434 e. The molecule has 1 heterocycles. The number of likely N-dealkylation sites (tertiary alicyclic amines) is 1. The van der Waals surface area contributed by atoms with E-state index in [1.165, 1.54) is 12.5 Å². The second-order valence-corrected chi connectivity index (χ2v) is 8.36. The predicted molar refractivity (Wildman–Crippen MR) is 123 cm³/mol. The number of hydrogen-bond donors (Lipinski definition) is 1. The lowest BCUT2D eigenvalue weighted by Crippen LogP contribution is -2.31. The van der Waals surface area contributed by atoms with E-state index in [2.05, 4.69) is 10.2 Å². The maximum absolute atomic E-state index is 13.2. The van der Waals surface area contributed by atoms with Gasteiger partial charge >= 0.3 is 6.61 Å². The fraction of sp³-hybridized carbons (Fsp3) is 0.320. The van der Waals surface area contributed by atoms with Gasteiger partial charge in [-0.1, -0.05) is 29.8 Å². The van der Waals surface area contributed by atoms with E-state index in [0.29, 0.717) is 29.1 Å². The molecule has 0 aromatic heterocycles. The zero-order chi connectivity index (χ0) is 22.5. The smallest absolute Gasteiger partial charge is 0.387 e. The van der Waals surface area contributed by atoms with Crippen LogP contribution in [0.2, 0.25) is 5.02 Å². The van der Waals surface area contributed by atoms with Gasteiger partial charge in [0.05, 0.1) is 0 Å². The van der Waals surface area contributed by atoms with Crippen molar-refractivity contribution in [1.82, 2.24) is 4.90 Å². The minimum Gasteiger partial charge on any atom is -0.434 e. The van der Waals surface area contributed by atoms with E-state index < -0.39 is 6.61 Å². The molecule has 2 aromatic rings. The quantitative estimate of drug-likeness (QED) is 0.537. The number of para-hydroxylation sites is 1. The number of benzene rings is 2. The third kappa shape index (κ3) is 5.30. The highest BCUT2D eigenvalue weighted by atomic mass is 35.5. The molecular weight excluding hydrogens is 434 g/mol. The first-order valence-corrected chi connectivity index (χ1v) is 11.2. The number of hydrogen-bond acceptors (Lipinski definition) is 3. The molecule has 32 heavy (non-hydrogen) atoms. The lowest BCUT2D eigenvalue weighted by molar-refractivity contribution is -0.113. The Balaban J connectivity index is 1.68. The van der Waals surface area contributed by atoms with Gasteiger partial charge in [-0.2, -0.15) is 8.78 Å². The van der Waals surface area contributed by atoms with E-state index in [1.54, 1.807) is 42.5 Å². The number of alkyl halides is 2. The molecule has 1 N–H and O–H groups in total. The Morgan fingerprint density at radius 3 is 2.47 bits per heavy atom. The molecule has 4 nitrogen and oxygen atoms in total. The SMILES string of the molecule is O=C(Nc1ccc(Cl)cc1)C1=C(N2CCCCC2)C(=Cc2ccccc2OC(F)F)CC1. The normalized spacial score (nSPS) is 17.9. The predicted octanol–water partition coefficient (Wildman–Crippen LogP) is 6.50. The molecule has 1 aliphatic heterocycles. The summed E-state index contributed by atoms with van der Waals surface area (Å²) in [5.74, 6) is -0.0135. The number of amides is 1. The van der Waals surface area contributed by atoms with Crippen LogP contribution in [0.15, 0.2) is 65.4 Å². The summed E-state index contributed by atoms with van der Waals surface area (Å²) in [4.78, 5) is 15.4. The molecule has 0 unspecified atom stereocenters. The van der Waals surface area contributed by atoms with Crippen LogP contribution < -0.4 is 10.1 Å². The highest BCUT2D eigenvalue weighted by Gasteiger charge is 2.30. The summed E-state index contributed by atoms with van der Waals surface area (Å²) < 4.78 is 30.4. The van der Waals surface area contributed by atoms with E-state index in [-0.39, 0.29) is 11.7 Å². The fourth-order valence-electron chi connectivity index (χ4n) is 4.29. The first kappa shape index (κ1) is 22.3. The van der Waals surface area contributed by atoms with Crippen molar-refractivity contribution < 1.29 is 18.3 Å². The zero-order valence-corrected chi connectivity index (χ0v) is 18.4. The summed E-state index contributed by atoms with van der Waals surface area (Å²) in [6.45, 7) is -1.14. The molecule has 4 rings (SSSR count). The molecule has 0 bridgehead atoms. The van der Waals surface area contributed by atoms with Gasteiger partial charge in [0.25, 0.3) is 5.91 Å². The number of carbonyl (C=O) groups excluding carboxylic acids is 1. The Morgan fingerprint density at radius 1 is 1.03 bits per heavy atom. The van der Waals surface area contributed by atoms with E-state index in [4.69, 9.17) is 16.3 Å². The zero-order valence-electron chi connectivity index (χ0n) is 17.6. The van der Waals surface area contributed by atoms with Crippen molar-refractivity contribution in [3.8, 4) is 5.75 Å². The lowest BCUT2D eigenvalue weighted by atomic mass is 10.0. The van der Waals surface area contributed by atoms with Crippen LogP contribution in [0, 0.1) is 0 Å². The Kier molecular flexibility index (Phi) is 7.10. The summed E-state index contributed by atoms with van der Waals surface area (Å²) in [6, 6.07) is 13.7. The summed E-state index contributed by atoms with van der Waals surface area (Å²) in [7, 11) is 0. The first-order chi connectivity index (χ1) is 15.5. The van der Waals surface area contributed by atoms with Gasteiger partial charge in [-0.05, 0) is 74.1 Å². The number of halogens is 3. The van der Waals surface area contributed by atoms with Crippen molar-refractivity contribution in [1.29, 1.82) is 0 Å². The lowest BCUT2D eigenvalue weighted by Gasteiger charge is -2.31. The second kappa shape index (κ2) is 10.2. The number of rotatable bonds is 6. The maximum Gasteiger partial charge on any atom is 0.387 e. The number of ether oxygens (including phenoxy) is 1. The third-order valence-electron chi connectivity index (χ3n) is 5.75. The summed E-state index contributed by atoms with van der Waals surface area (Å²) in [6.07, 6.45) is 6.43. The molecule has 0 saturated carbocycles. The van der Waals surface area contributed by atoms with Crippen LogP contribution in [-0.4, -0.2) is 30.5 Å². The average molecular weight is 459 g/mol. The molecule has 2 aliphatic rings. The Morgan fingerprint density at radius 2 is 1.75 bits per heavy atom. The molecule has 168 valence electrons. The summed E-state index contributed by atoms with van der Waals surface area (Å²) >= 11 is 5.95. The molecule has 1 aliphatic carbocycles. The monoisotopic (exact) mass is 458 g/mol. The second-order valence-electron chi connectivity index (χ2n) is 7.92. The van der Waals surface area contributed by atoms with Gasteiger partial charge < -0.3 is 15.0 Å². The van der Waals surface area contributed by atoms with Crippen molar-refractivity contribution >= 4 is 29.3 Å². The van der Waals surface area contributed by atoms with Crippen molar-refractivity contribution in [3.63, 3.8) is 0 Å². The van der Waals surface area contributed by atoms with Crippen molar-refractivity contribution in [3.05, 3.63) is 76.0 Å². The minimum atomic E-state index is -2.89. The molecule has 0 spiro atoms. The van der Waals surface area contributed by atoms with Crippen LogP contribution in [-0.2, 0) is 4.79 Å². The van der Waals surface area contributed by atoms with Crippen LogP contribution in [0.25, 0.3) is 6.08 Å². The molecule has 1 fully saturated rings. The van der Waals surface area contributed by atoms with Crippen LogP contribution in [0.4, 0.5) is 14.5 Å². The molecule has 7 heteroatoms. The topological polar surface area (TPSA) is 41.6 Å². The average Bonchev–Trinajstić information content (AvgIpc) is 3.21. The number of nitrogens with one attached hydrogen (secondary N) is 1. The number of nitrogens with zero attached hydrogens (tertiary/aromatic N) is 1. The summed E-state index contributed by atoms with van der Waals surface area (Å²) in [5, 5.41) is 3.57. The Bertz CT molecular complexity index is 1030. The van der Waals surface area contributed by atoms with E-state index in [1.807, 2.05) is 6.08 Å². The van der Waals surface area contributed by atoms with Gasteiger partial charge in [0.15, 0.2) is 0 Å². The van der Waals surface area contributed by atoms with Gasteiger partial charge in [0.1, 0.15) is 5.75 Å². The molecule has 1 amide bonds. The van der Waals surface area contributed by atoms with Gasteiger partial charge in [-0.25, -0.2) is 0 Å². The number of allylic oxidation sites excluding steroid dienone is 1. The van der Waals surface area contributed by atoms with Gasteiger partial charge in [-0.3, -0.25) is 4.79 Å². The Labute approximate surface area is 191 Å². The summed E-state index contributed by atoms with van der Waals surface area (Å²) in [5.41, 5.74) is 3.87. The van der Waals surface area contributed by atoms with Crippen LogP contribution in [0.3, 0.4) is 0 Å². The van der Waals surface area contributed by atoms with E-state index >= 15 is 0 Å². The molecule has 0 radical (unpaired) electrons. The number of anilines is 1. The number of piperidine rings is 1. The highest BCUT2D eigenvalue weighted by Crippen LogP contribution is 2.38.